The number of ketones is 1. The van der Waals surface area contributed by atoms with Gasteiger partial charge in [0.2, 0.25) is 0 Å². The minimum Gasteiger partial charge on any atom is -0.490 e. The highest BCUT2D eigenvalue weighted by Crippen LogP contribution is 2.28. The average Bonchev–Trinajstić information content (AvgIpc) is 2.60. The molecule has 1 aliphatic rings. The molecule has 0 spiro atoms. The number of carbonyl (C=O) groups excluding carboxylic acids is 1. The summed E-state index contributed by atoms with van der Waals surface area (Å²) in [6.45, 7) is 2.68. The predicted molar refractivity (Wildman–Crippen MR) is 90.2 cm³/mol. The van der Waals surface area contributed by atoms with Gasteiger partial charge in [0.25, 0.3) is 0 Å². The maximum absolute atomic E-state index is 12.4. The van der Waals surface area contributed by atoms with Crippen LogP contribution in [0, 0.1) is 0 Å². The zero-order chi connectivity index (χ0) is 16.1. The number of ether oxygens (including phenoxy) is 1. The van der Waals surface area contributed by atoms with Gasteiger partial charge in [-0.25, -0.2) is 0 Å². The molecule has 0 bridgehead atoms. The Bertz CT molecular complexity index is 673. The highest BCUT2D eigenvalue weighted by Gasteiger charge is 2.14. The molecule has 0 saturated heterocycles. The fourth-order valence-electron chi connectivity index (χ4n) is 2.60. The molecule has 1 aromatic carbocycles. The number of Topliss-reactive ketones (excluding diaryl/α,β-unsaturated/α-hetero) is 1. The maximum atomic E-state index is 12.4. The average molecular weight is 311 g/mol. The lowest BCUT2D eigenvalue weighted by molar-refractivity contribution is 0.0947. The van der Waals surface area contributed by atoms with Crippen LogP contribution in [0.2, 0.25) is 0 Å². The van der Waals surface area contributed by atoms with E-state index in [2.05, 4.69) is 10.3 Å². The molecule has 5 nitrogen and oxygen atoms in total. The van der Waals surface area contributed by atoms with Crippen LogP contribution in [0.5, 0.6) is 5.75 Å². The van der Waals surface area contributed by atoms with Crippen LogP contribution in [0.1, 0.15) is 15.9 Å². The molecule has 120 valence electrons. The zero-order valence-electron chi connectivity index (χ0n) is 13.3. The SMILES string of the molecule is CN(CCc1ccncc1)CC(=O)c1ccc2c(c1)NCCO2. The van der Waals surface area contributed by atoms with Crippen molar-refractivity contribution < 1.29 is 9.53 Å². The first kappa shape index (κ1) is 15.5. The van der Waals surface area contributed by atoms with Crippen LogP contribution in [0.4, 0.5) is 5.69 Å². The summed E-state index contributed by atoms with van der Waals surface area (Å²) in [4.78, 5) is 18.5. The third kappa shape index (κ3) is 4.07. The van der Waals surface area contributed by atoms with Gasteiger partial charge in [-0.15, -0.1) is 0 Å². The molecular weight excluding hydrogens is 290 g/mol. The monoisotopic (exact) mass is 311 g/mol. The van der Waals surface area contributed by atoms with Gasteiger partial charge in [0.05, 0.1) is 12.2 Å². The molecule has 1 aliphatic heterocycles. The fourth-order valence-corrected chi connectivity index (χ4v) is 2.60. The molecular formula is C18H21N3O2. The van der Waals surface area contributed by atoms with Gasteiger partial charge in [0, 0.05) is 31.0 Å². The number of anilines is 1. The Morgan fingerprint density at radius 2 is 2.13 bits per heavy atom. The summed E-state index contributed by atoms with van der Waals surface area (Å²) >= 11 is 0. The van der Waals surface area contributed by atoms with Crippen LogP contribution in [-0.4, -0.2) is 49.0 Å². The molecule has 23 heavy (non-hydrogen) atoms. The van der Waals surface area contributed by atoms with Crippen molar-refractivity contribution >= 4 is 11.5 Å². The smallest absolute Gasteiger partial charge is 0.176 e. The summed E-state index contributed by atoms with van der Waals surface area (Å²) in [6, 6.07) is 9.60. The fraction of sp³-hybridized carbons (Fsp3) is 0.333. The lowest BCUT2D eigenvalue weighted by Gasteiger charge is -2.20. The zero-order valence-corrected chi connectivity index (χ0v) is 13.3. The van der Waals surface area contributed by atoms with E-state index in [1.807, 2.05) is 42.3 Å². The molecule has 0 saturated carbocycles. The van der Waals surface area contributed by atoms with Gasteiger partial charge in [0.15, 0.2) is 5.78 Å². The van der Waals surface area contributed by atoms with Crippen LogP contribution < -0.4 is 10.1 Å². The number of hydrogen-bond donors (Lipinski definition) is 1. The van der Waals surface area contributed by atoms with E-state index in [4.69, 9.17) is 4.74 Å². The third-order valence-corrected chi connectivity index (χ3v) is 3.92. The van der Waals surface area contributed by atoms with Gasteiger partial charge in [-0.05, 0) is 49.4 Å². The molecule has 0 amide bonds. The van der Waals surface area contributed by atoms with Crippen molar-refractivity contribution in [3.63, 3.8) is 0 Å². The Balaban J connectivity index is 1.56. The van der Waals surface area contributed by atoms with E-state index >= 15 is 0 Å². The van der Waals surface area contributed by atoms with Gasteiger partial charge in [-0.3, -0.25) is 14.7 Å². The second kappa shape index (κ2) is 7.24. The van der Waals surface area contributed by atoms with Gasteiger partial charge in [-0.1, -0.05) is 0 Å². The number of fused-ring (bicyclic) bond motifs is 1. The van der Waals surface area contributed by atoms with Crippen LogP contribution in [0.25, 0.3) is 0 Å². The topological polar surface area (TPSA) is 54.5 Å². The van der Waals surface area contributed by atoms with E-state index in [1.165, 1.54) is 5.56 Å². The minimum absolute atomic E-state index is 0.123. The Morgan fingerprint density at radius 3 is 2.96 bits per heavy atom. The maximum Gasteiger partial charge on any atom is 0.176 e. The van der Waals surface area contributed by atoms with Gasteiger partial charge < -0.3 is 10.1 Å². The molecule has 0 fully saturated rings. The molecule has 1 aromatic heterocycles. The summed E-state index contributed by atoms with van der Waals surface area (Å²) in [5.41, 5.74) is 2.86. The number of aromatic nitrogens is 1. The number of hydrogen-bond acceptors (Lipinski definition) is 5. The minimum atomic E-state index is 0.123. The van der Waals surface area contributed by atoms with Gasteiger partial charge >= 0.3 is 0 Å². The number of nitrogens with one attached hydrogen (secondary N) is 1. The highest BCUT2D eigenvalue weighted by atomic mass is 16.5. The lowest BCUT2D eigenvalue weighted by Crippen LogP contribution is -2.28. The van der Waals surface area contributed by atoms with Crippen molar-refractivity contribution in [2.75, 3.05) is 38.6 Å². The van der Waals surface area contributed by atoms with Crippen molar-refractivity contribution in [3.05, 3.63) is 53.9 Å². The normalized spacial score (nSPS) is 13.1. The van der Waals surface area contributed by atoms with Crippen LogP contribution in [0.15, 0.2) is 42.7 Å². The molecule has 1 N–H and O–H groups in total. The van der Waals surface area contributed by atoms with E-state index in [0.29, 0.717) is 13.2 Å². The molecule has 3 rings (SSSR count). The Labute approximate surface area is 136 Å². The molecule has 2 aromatic rings. The predicted octanol–water partition coefficient (Wildman–Crippen LogP) is 2.24. The summed E-state index contributed by atoms with van der Waals surface area (Å²) in [6.07, 6.45) is 4.50. The first-order valence-electron chi connectivity index (χ1n) is 7.84. The second-order valence-corrected chi connectivity index (χ2v) is 5.75. The molecule has 5 heteroatoms. The largest absolute Gasteiger partial charge is 0.490 e. The number of likely N-dealkylation sites (N-methyl/N-ethyl adjacent to an activating group) is 1. The van der Waals surface area contributed by atoms with Crippen LogP contribution in [0.3, 0.4) is 0 Å². The number of benzene rings is 1. The molecule has 2 heterocycles. The quantitative estimate of drug-likeness (QED) is 0.829. The standard InChI is InChI=1S/C18H21N3O2/c1-21(10-6-14-4-7-19-8-5-14)13-17(22)15-2-3-18-16(12-15)20-9-11-23-18/h2-5,7-8,12,20H,6,9-11,13H2,1H3. The first-order chi connectivity index (χ1) is 11.2. The van der Waals surface area contributed by atoms with E-state index < -0.39 is 0 Å². The Kier molecular flexibility index (Phi) is 4.88. The number of pyridine rings is 1. The molecule has 0 unspecified atom stereocenters. The Morgan fingerprint density at radius 1 is 1.30 bits per heavy atom. The van der Waals surface area contributed by atoms with Gasteiger partial charge in [0.1, 0.15) is 12.4 Å². The summed E-state index contributed by atoms with van der Waals surface area (Å²) in [7, 11) is 1.97. The third-order valence-electron chi connectivity index (χ3n) is 3.92. The second-order valence-electron chi connectivity index (χ2n) is 5.75. The molecule has 0 aliphatic carbocycles. The number of rotatable bonds is 6. The van der Waals surface area contributed by atoms with Crippen LogP contribution >= 0.6 is 0 Å². The van der Waals surface area contributed by atoms with Crippen molar-refractivity contribution in [1.29, 1.82) is 0 Å². The van der Waals surface area contributed by atoms with E-state index in [-0.39, 0.29) is 5.78 Å². The van der Waals surface area contributed by atoms with Crippen molar-refractivity contribution in [2.45, 2.75) is 6.42 Å². The number of carbonyl (C=O) groups is 1. The van der Waals surface area contributed by atoms with Crippen LogP contribution in [-0.2, 0) is 6.42 Å². The van der Waals surface area contributed by atoms with Crippen molar-refractivity contribution in [1.82, 2.24) is 9.88 Å². The van der Waals surface area contributed by atoms with E-state index in [9.17, 15) is 4.79 Å². The first-order valence-corrected chi connectivity index (χ1v) is 7.84. The lowest BCUT2D eigenvalue weighted by atomic mass is 10.1. The van der Waals surface area contributed by atoms with E-state index in [0.717, 1.165) is 36.5 Å². The van der Waals surface area contributed by atoms with Gasteiger partial charge in [-0.2, -0.15) is 0 Å². The highest BCUT2D eigenvalue weighted by molar-refractivity contribution is 5.98. The summed E-state index contributed by atoms with van der Waals surface area (Å²) < 4.78 is 5.54. The summed E-state index contributed by atoms with van der Waals surface area (Å²) in [5, 5.41) is 3.26. The van der Waals surface area contributed by atoms with Crippen molar-refractivity contribution in [2.24, 2.45) is 0 Å². The number of nitrogens with zero attached hydrogens (tertiary/aromatic N) is 2. The Hall–Kier alpha value is -2.40. The van der Waals surface area contributed by atoms with E-state index in [1.54, 1.807) is 12.4 Å². The molecule has 0 atom stereocenters. The molecule has 0 radical (unpaired) electrons. The van der Waals surface area contributed by atoms with Crippen molar-refractivity contribution in [3.8, 4) is 5.75 Å². The summed E-state index contributed by atoms with van der Waals surface area (Å²) in [5.74, 6) is 0.941.